The molecule has 0 bridgehead atoms. The predicted octanol–water partition coefficient (Wildman–Crippen LogP) is 1.03. The normalized spacial score (nSPS) is 30.9. The number of anilines is 1. The number of β-amino-alcohol motifs (C(OH)–C–C–N with tert-alkyl or cyclic N) is 1. The molecule has 126 valence electrons. The van der Waals surface area contributed by atoms with Crippen molar-refractivity contribution in [2.24, 2.45) is 0 Å². The van der Waals surface area contributed by atoms with E-state index >= 15 is 0 Å². The van der Waals surface area contributed by atoms with Crippen LogP contribution in [0.2, 0.25) is 0 Å². The molecule has 2 unspecified atom stereocenters. The fourth-order valence-electron chi connectivity index (χ4n) is 3.15. The van der Waals surface area contributed by atoms with E-state index in [1.54, 1.807) is 24.3 Å². The highest BCUT2D eigenvalue weighted by Gasteiger charge is 2.28. The molecule has 1 aliphatic carbocycles. The highest BCUT2D eigenvalue weighted by Crippen LogP contribution is 2.25. The predicted molar refractivity (Wildman–Crippen MR) is 86.4 cm³/mol. The summed E-state index contributed by atoms with van der Waals surface area (Å²) in [5, 5.41) is 25.2. The first kappa shape index (κ1) is 16.2. The number of benzene rings is 1. The zero-order chi connectivity index (χ0) is 16.2. The second kappa shape index (κ2) is 7.29. The van der Waals surface area contributed by atoms with Crippen LogP contribution in [0.15, 0.2) is 24.3 Å². The first-order valence-corrected chi connectivity index (χ1v) is 8.29. The Labute approximate surface area is 135 Å². The van der Waals surface area contributed by atoms with Gasteiger partial charge in [0.15, 0.2) is 0 Å². The maximum absolute atomic E-state index is 12.1. The summed E-state index contributed by atoms with van der Waals surface area (Å²) in [6.07, 6.45) is 3.23. The monoisotopic (exact) mass is 320 g/mol. The molecule has 0 radical (unpaired) electrons. The van der Waals surface area contributed by atoms with Crippen molar-refractivity contribution >= 4 is 11.6 Å². The first-order valence-electron chi connectivity index (χ1n) is 8.29. The number of nitrogens with one attached hydrogen (secondary N) is 2. The summed E-state index contributed by atoms with van der Waals surface area (Å²) in [6.45, 7) is 0.453. The number of rotatable bonds is 4. The number of hydrogen-bond acceptors (Lipinski definition) is 5. The van der Waals surface area contributed by atoms with Gasteiger partial charge in [0.05, 0.1) is 18.2 Å². The van der Waals surface area contributed by atoms with E-state index in [-0.39, 0.29) is 18.1 Å². The minimum absolute atomic E-state index is 0.141. The fraction of sp³-hybridized carbons (Fsp3) is 0.588. The zero-order valence-electron chi connectivity index (χ0n) is 13.1. The number of amides is 1. The average Bonchev–Trinajstić information content (AvgIpc) is 2.98. The number of aliphatic hydroxyl groups is 2. The minimum atomic E-state index is -0.455. The molecule has 6 nitrogen and oxygen atoms in total. The lowest BCUT2D eigenvalue weighted by Gasteiger charge is -2.28. The first-order chi connectivity index (χ1) is 11.1. The molecule has 2 aliphatic rings. The molecule has 0 aromatic heterocycles. The van der Waals surface area contributed by atoms with Crippen molar-refractivity contribution in [1.29, 1.82) is 0 Å². The molecule has 4 N–H and O–H groups in total. The van der Waals surface area contributed by atoms with Crippen LogP contribution in [0.25, 0.3) is 0 Å². The van der Waals surface area contributed by atoms with Crippen LogP contribution in [-0.4, -0.2) is 47.0 Å². The van der Waals surface area contributed by atoms with E-state index < -0.39 is 12.2 Å². The highest BCUT2D eigenvalue weighted by molar-refractivity contribution is 5.95. The SMILES string of the molecule is O=C(Nc1ccc(OC2CCCCC2O)cc1)[C@H]1C[C@H](O)CN1. The van der Waals surface area contributed by atoms with Gasteiger partial charge in [-0.05, 0) is 49.9 Å². The van der Waals surface area contributed by atoms with Gasteiger partial charge >= 0.3 is 0 Å². The van der Waals surface area contributed by atoms with Crippen LogP contribution in [-0.2, 0) is 4.79 Å². The van der Waals surface area contributed by atoms with Gasteiger partial charge in [0, 0.05) is 12.2 Å². The third kappa shape index (κ3) is 4.22. The zero-order valence-corrected chi connectivity index (χ0v) is 13.1. The number of carbonyl (C=O) groups is 1. The van der Waals surface area contributed by atoms with Crippen LogP contribution in [0.5, 0.6) is 5.75 Å². The second-order valence-corrected chi connectivity index (χ2v) is 6.37. The minimum Gasteiger partial charge on any atom is -0.488 e. The molecule has 1 saturated heterocycles. The Morgan fingerprint density at radius 3 is 2.57 bits per heavy atom. The van der Waals surface area contributed by atoms with E-state index in [2.05, 4.69) is 10.6 Å². The molecule has 23 heavy (non-hydrogen) atoms. The number of aliphatic hydroxyl groups excluding tert-OH is 2. The van der Waals surface area contributed by atoms with E-state index in [4.69, 9.17) is 4.74 Å². The van der Waals surface area contributed by atoms with Crippen molar-refractivity contribution in [1.82, 2.24) is 5.32 Å². The molecule has 1 saturated carbocycles. The maximum Gasteiger partial charge on any atom is 0.241 e. The molecular weight excluding hydrogens is 296 g/mol. The second-order valence-electron chi connectivity index (χ2n) is 6.37. The molecule has 1 heterocycles. The third-order valence-corrected chi connectivity index (χ3v) is 4.50. The van der Waals surface area contributed by atoms with Gasteiger partial charge in [-0.3, -0.25) is 4.79 Å². The average molecular weight is 320 g/mol. The molecule has 1 aliphatic heterocycles. The van der Waals surface area contributed by atoms with Crippen molar-refractivity contribution in [3.05, 3.63) is 24.3 Å². The fourth-order valence-corrected chi connectivity index (χ4v) is 3.15. The van der Waals surface area contributed by atoms with Gasteiger partial charge < -0.3 is 25.6 Å². The largest absolute Gasteiger partial charge is 0.488 e. The molecular formula is C17H24N2O4. The molecule has 0 spiro atoms. The topological polar surface area (TPSA) is 90.8 Å². The maximum atomic E-state index is 12.1. The Balaban J connectivity index is 1.53. The van der Waals surface area contributed by atoms with Gasteiger partial charge in [-0.1, -0.05) is 6.42 Å². The quantitative estimate of drug-likeness (QED) is 0.665. The van der Waals surface area contributed by atoms with E-state index in [1.165, 1.54) is 0 Å². The van der Waals surface area contributed by atoms with Crippen molar-refractivity contribution in [3.8, 4) is 5.75 Å². The highest BCUT2D eigenvalue weighted by atomic mass is 16.5. The summed E-state index contributed by atoms with van der Waals surface area (Å²) in [4.78, 5) is 12.1. The molecule has 3 rings (SSSR count). The summed E-state index contributed by atoms with van der Waals surface area (Å²) in [5.41, 5.74) is 0.690. The Morgan fingerprint density at radius 2 is 1.91 bits per heavy atom. The Hall–Kier alpha value is -1.63. The molecule has 6 heteroatoms. The number of hydrogen-bond donors (Lipinski definition) is 4. The van der Waals surface area contributed by atoms with Gasteiger partial charge in [-0.25, -0.2) is 0 Å². The van der Waals surface area contributed by atoms with Crippen LogP contribution >= 0.6 is 0 Å². The van der Waals surface area contributed by atoms with E-state index in [1.807, 2.05) is 0 Å². The van der Waals surface area contributed by atoms with E-state index in [9.17, 15) is 15.0 Å². The lowest BCUT2D eigenvalue weighted by molar-refractivity contribution is -0.117. The molecule has 4 atom stereocenters. The molecule has 1 aromatic rings. The van der Waals surface area contributed by atoms with Crippen LogP contribution < -0.4 is 15.4 Å². The van der Waals surface area contributed by atoms with Crippen molar-refractivity contribution in [3.63, 3.8) is 0 Å². The van der Waals surface area contributed by atoms with E-state index in [0.717, 1.165) is 25.7 Å². The van der Waals surface area contributed by atoms with Crippen LogP contribution in [0.3, 0.4) is 0 Å². The van der Waals surface area contributed by atoms with Crippen LogP contribution in [0, 0.1) is 0 Å². The standard InChI is InChI=1S/C17H24N2O4/c20-12-9-14(18-10-12)17(22)19-11-5-7-13(8-6-11)23-16-4-2-1-3-15(16)21/h5-8,12,14-16,18,20-21H,1-4,9-10H2,(H,19,22)/t12-,14+,15?,16?/m0/s1. The lowest BCUT2D eigenvalue weighted by Crippen LogP contribution is -2.35. The summed E-state index contributed by atoms with van der Waals surface area (Å²) < 4.78 is 5.83. The summed E-state index contributed by atoms with van der Waals surface area (Å²) in [5.74, 6) is 0.557. The van der Waals surface area contributed by atoms with Crippen molar-refractivity contribution in [2.45, 2.75) is 56.5 Å². The summed E-state index contributed by atoms with van der Waals surface area (Å²) >= 11 is 0. The van der Waals surface area contributed by atoms with Crippen molar-refractivity contribution in [2.75, 3.05) is 11.9 Å². The van der Waals surface area contributed by atoms with Gasteiger partial charge in [0.1, 0.15) is 11.9 Å². The Bertz CT molecular complexity index is 534. The Kier molecular flexibility index (Phi) is 5.15. The summed E-state index contributed by atoms with van der Waals surface area (Å²) in [7, 11) is 0. The lowest BCUT2D eigenvalue weighted by atomic mass is 9.95. The van der Waals surface area contributed by atoms with Gasteiger partial charge in [-0.2, -0.15) is 0 Å². The van der Waals surface area contributed by atoms with Gasteiger partial charge in [0.25, 0.3) is 0 Å². The van der Waals surface area contributed by atoms with E-state index in [0.29, 0.717) is 24.4 Å². The molecule has 1 amide bonds. The number of ether oxygens (including phenoxy) is 1. The smallest absolute Gasteiger partial charge is 0.241 e. The van der Waals surface area contributed by atoms with Crippen LogP contribution in [0.4, 0.5) is 5.69 Å². The molecule has 1 aromatic carbocycles. The summed E-state index contributed by atoms with van der Waals surface area (Å²) in [6, 6.07) is 6.82. The Morgan fingerprint density at radius 1 is 1.17 bits per heavy atom. The van der Waals surface area contributed by atoms with Gasteiger partial charge in [0.2, 0.25) is 5.91 Å². The van der Waals surface area contributed by atoms with Crippen LogP contribution in [0.1, 0.15) is 32.1 Å². The molecule has 2 fully saturated rings. The third-order valence-electron chi connectivity index (χ3n) is 4.50. The number of carbonyl (C=O) groups excluding carboxylic acids is 1. The van der Waals surface area contributed by atoms with Gasteiger partial charge in [-0.15, -0.1) is 0 Å². The van der Waals surface area contributed by atoms with Crippen molar-refractivity contribution < 1.29 is 19.7 Å².